The highest BCUT2D eigenvalue weighted by molar-refractivity contribution is 14.0. The minimum absolute atomic E-state index is 0. The van der Waals surface area contributed by atoms with Crippen molar-refractivity contribution in [3.8, 4) is 0 Å². The largest absolute Gasteiger partial charge is 0.466 e. The Morgan fingerprint density at radius 1 is 1.12 bits per heavy atom. The van der Waals surface area contributed by atoms with E-state index in [0.29, 0.717) is 29.7 Å². The Morgan fingerprint density at radius 3 is 1.88 bits per heavy atom. The first-order valence-electron chi connectivity index (χ1n) is 10.7. The molecule has 0 aromatic carbocycles. The molecule has 13 heteroatoms. The first kappa shape index (κ1) is 39.9. The van der Waals surface area contributed by atoms with E-state index in [1.165, 1.54) is 18.7 Å². The van der Waals surface area contributed by atoms with E-state index in [9.17, 15) is 4.79 Å². The number of thioether (sulfide) groups is 1. The van der Waals surface area contributed by atoms with Crippen molar-refractivity contribution in [2.45, 2.75) is 55.4 Å². The fourth-order valence-electron chi connectivity index (χ4n) is 2.02. The molecule has 10 nitrogen and oxygen atoms in total. The number of amidine groups is 1. The maximum absolute atomic E-state index is 9.82. The van der Waals surface area contributed by atoms with Gasteiger partial charge in [-0.25, -0.2) is 5.01 Å². The standard InChI is InChI=1S/C8H16N4.C5H10N2.C4H10N2S.C4H8O2.ClH.HI/c1-4-10-7(9)12-6-8(2,3)5-11-12;1-5(2)3-6-7-4-5;1-3-6-4(5)7-2;1-3-6-4(2)5;;/h5H,4,6H2,1-3H3,(H2,9,10);3,7H,4H2,1-2H3;3H2,1-2H3,(H2,5,6);3H2,1-2H3;2*1H. The molecule has 5 N–H and O–H groups in total. The predicted octanol–water partition coefficient (Wildman–Crippen LogP) is 3.54. The SMILES string of the molecule is CC1(C)C=NNC1.CCN=C(N)N1CC(C)(C)C=N1.CCN=C(N)SC.CCOC(C)=O.Cl.I. The van der Waals surface area contributed by atoms with Gasteiger partial charge in [0.1, 0.15) is 0 Å². The van der Waals surface area contributed by atoms with Crippen molar-refractivity contribution in [2.75, 3.05) is 39.0 Å². The second kappa shape index (κ2) is 22.2. The number of hydrogen-bond acceptors (Lipinski definition) is 8. The van der Waals surface area contributed by atoms with Crippen LogP contribution in [-0.2, 0) is 9.53 Å². The van der Waals surface area contributed by atoms with Crippen LogP contribution in [0.4, 0.5) is 0 Å². The van der Waals surface area contributed by atoms with E-state index in [0.717, 1.165) is 19.6 Å². The quantitative estimate of drug-likeness (QED) is 0.186. The van der Waals surface area contributed by atoms with Crippen molar-refractivity contribution in [3.05, 3.63) is 0 Å². The van der Waals surface area contributed by atoms with Crippen LogP contribution in [0.25, 0.3) is 0 Å². The fourth-order valence-corrected chi connectivity index (χ4v) is 2.27. The maximum atomic E-state index is 9.82. The minimum Gasteiger partial charge on any atom is -0.466 e. The summed E-state index contributed by atoms with van der Waals surface area (Å²) in [6.07, 6.45) is 5.76. The first-order chi connectivity index (χ1) is 14.8. The molecule has 0 spiro atoms. The summed E-state index contributed by atoms with van der Waals surface area (Å²) < 4.78 is 4.40. The lowest BCUT2D eigenvalue weighted by molar-refractivity contribution is -0.140. The Hall–Kier alpha value is -1.28. The zero-order valence-electron chi connectivity index (χ0n) is 22.1. The lowest BCUT2D eigenvalue weighted by atomic mass is 9.97. The van der Waals surface area contributed by atoms with E-state index in [-0.39, 0.29) is 47.8 Å². The average molecular weight is 637 g/mol. The highest BCUT2D eigenvalue weighted by Crippen LogP contribution is 2.19. The normalized spacial score (nSPS) is 16.7. The number of nitrogens with zero attached hydrogens (tertiary/aromatic N) is 5. The van der Waals surface area contributed by atoms with E-state index in [2.05, 4.69) is 58.0 Å². The van der Waals surface area contributed by atoms with Gasteiger partial charge in [-0.3, -0.25) is 14.8 Å². The molecule has 202 valence electrons. The third kappa shape index (κ3) is 23.9. The topological polar surface area (TPSA) is 143 Å². The van der Waals surface area contributed by atoms with Crippen LogP contribution in [0.1, 0.15) is 55.4 Å². The highest BCUT2D eigenvalue weighted by atomic mass is 127. The summed E-state index contributed by atoms with van der Waals surface area (Å²) in [4.78, 5) is 17.8. The third-order valence-electron chi connectivity index (χ3n) is 3.60. The van der Waals surface area contributed by atoms with Crippen LogP contribution in [0, 0.1) is 10.8 Å². The van der Waals surface area contributed by atoms with Gasteiger partial charge < -0.3 is 21.6 Å². The van der Waals surface area contributed by atoms with Crippen LogP contribution in [0.2, 0.25) is 0 Å². The summed E-state index contributed by atoms with van der Waals surface area (Å²) in [5.41, 5.74) is 14.3. The molecule has 0 amide bonds. The fraction of sp³-hybridized carbons (Fsp3) is 0.762. The van der Waals surface area contributed by atoms with Crippen molar-refractivity contribution in [1.82, 2.24) is 10.4 Å². The molecule has 2 aliphatic heterocycles. The Balaban J connectivity index is -0.000000181. The Bertz CT molecular complexity index is 659. The number of carbonyl (C=O) groups excluding carboxylic acids is 1. The molecule has 0 saturated heterocycles. The number of ether oxygens (including phenoxy) is 1. The summed E-state index contributed by atoms with van der Waals surface area (Å²) in [6, 6.07) is 0. The van der Waals surface area contributed by atoms with Gasteiger partial charge in [0.05, 0.1) is 13.2 Å². The lowest BCUT2D eigenvalue weighted by Gasteiger charge is -2.17. The van der Waals surface area contributed by atoms with Crippen LogP contribution in [0.15, 0.2) is 20.2 Å². The van der Waals surface area contributed by atoms with Gasteiger partial charge >= 0.3 is 5.97 Å². The molecular weight excluding hydrogens is 591 g/mol. The van der Waals surface area contributed by atoms with Gasteiger partial charge in [0.15, 0.2) is 5.17 Å². The van der Waals surface area contributed by atoms with Gasteiger partial charge in [0.2, 0.25) is 5.96 Å². The van der Waals surface area contributed by atoms with Crippen molar-refractivity contribution in [1.29, 1.82) is 0 Å². The van der Waals surface area contributed by atoms with E-state index in [4.69, 9.17) is 11.5 Å². The summed E-state index contributed by atoms with van der Waals surface area (Å²) in [5.74, 6) is 0.303. The summed E-state index contributed by atoms with van der Waals surface area (Å²) in [6.45, 7) is 19.4. The van der Waals surface area contributed by atoms with Gasteiger partial charge in [-0.15, -0.1) is 36.4 Å². The number of hydrazone groups is 2. The molecule has 0 aliphatic carbocycles. The molecule has 0 atom stereocenters. The molecule has 0 bridgehead atoms. The molecule has 0 saturated carbocycles. The van der Waals surface area contributed by atoms with Crippen molar-refractivity contribution < 1.29 is 9.53 Å². The number of rotatable bonds is 3. The van der Waals surface area contributed by atoms with Crippen LogP contribution < -0.4 is 16.9 Å². The van der Waals surface area contributed by atoms with E-state index in [1.807, 2.05) is 32.5 Å². The molecule has 2 heterocycles. The first-order valence-corrected chi connectivity index (χ1v) is 11.9. The second-order valence-corrected chi connectivity index (χ2v) is 8.97. The van der Waals surface area contributed by atoms with Crippen LogP contribution in [-0.4, -0.2) is 73.6 Å². The van der Waals surface area contributed by atoms with Gasteiger partial charge in [-0.2, -0.15) is 10.2 Å². The number of esters is 1. The van der Waals surface area contributed by atoms with Crippen LogP contribution in [0.5, 0.6) is 0 Å². The molecule has 0 aromatic rings. The number of aliphatic imine (C=N–C) groups is 2. The van der Waals surface area contributed by atoms with Crippen molar-refractivity contribution >= 4 is 77.7 Å². The summed E-state index contributed by atoms with van der Waals surface area (Å²) in [5, 5.41) is 10.4. The van der Waals surface area contributed by atoms with E-state index in [1.54, 1.807) is 11.9 Å². The van der Waals surface area contributed by atoms with E-state index >= 15 is 0 Å². The number of guanidine groups is 1. The van der Waals surface area contributed by atoms with Gasteiger partial charge in [0.25, 0.3) is 0 Å². The van der Waals surface area contributed by atoms with Gasteiger partial charge in [0, 0.05) is 49.8 Å². The summed E-state index contributed by atoms with van der Waals surface area (Å²) in [7, 11) is 0. The third-order valence-corrected chi connectivity index (χ3v) is 4.15. The minimum atomic E-state index is -0.211. The smallest absolute Gasteiger partial charge is 0.302 e. The molecule has 2 rings (SSSR count). The second-order valence-electron chi connectivity index (χ2n) is 8.15. The number of hydrogen-bond donors (Lipinski definition) is 3. The van der Waals surface area contributed by atoms with Crippen molar-refractivity contribution in [3.63, 3.8) is 0 Å². The Morgan fingerprint density at radius 2 is 1.68 bits per heavy atom. The molecule has 0 unspecified atom stereocenters. The van der Waals surface area contributed by atoms with Gasteiger partial charge in [-0.05, 0) is 27.0 Å². The predicted molar refractivity (Wildman–Crippen MR) is 162 cm³/mol. The number of nitrogens with two attached hydrogens (primary N) is 2. The molecular formula is C21H46ClIN8O2S. The lowest BCUT2D eigenvalue weighted by Crippen LogP contribution is -2.35. The Kier molecular flexibility index (Phi) is 26.1. The van der Waals surface area contributed by atoms with Gasteiger partial charge in [-0.1, -0.05) is 39.5 Å². The van der Waals surface area contributed by atoms with Crippen LogP contribution in [0.3, 0.4) is 0 Å². The van der Waals surface area contributed by atoms with Crippen LogP contribution >= 0.6 is 48.1 Å². The molecule has 0 radical (unpaired) electrons. The molecule has 2 aliphatic rings. The zero-order valence-corrected chi connectivity index (χ0v) is 26.1. The molecule has 0 aromatic heterocycles. The maximum Gasteiger partial charge on any atom is 0.302 e. The highest BCUT2D eigenvalue weighted by Gasteiger charge is 2.26. The Labute approximate surface area is 233 Å². The van der Waals surface area contributed by atoms with Crippen molar-refractivity contribution in [2.24, 2.45) is 42.5 Å². The molecule has 0 fully saturated rings. The zero-order chi connectivity index (χ0) is 25.2. The number of nitrogens with one attached hydrogen (secondary N) is 1. The summed E-state index contributed by atoms with van der Waals surface area (Å²) >= 11 is 1.48. The van der Waals surface area contributed by atoms with E-state index < -0.39 is 0 Å². The number of carbonyl (C=O) groups is 1. The number of halogens is 2. The molecule has 34 heavy (non-hydrogen) atoms. The monoisotopic (exact) mass is 636 g/mol. The average Bonchev–Trinajstić information content (AvgIpc) is 3.27.